The first-order valence-electron chi connectivity index (χ1n) is 13.2. The number of aromatic nitrogens is 3. The topological polar surface area (TPSA) is 144 Å². The number of nitrogens with one attached hydrogen (secondary N) is 1. The smallest absolute Gasteiger partial charge is 0.411 e. The summed E-state index contributed by atoms with van der Waals surface area (Å²) in [6.45, 7) is 4.67. The minimum Gasteiger partial charge on any atom is -0.441 e. The van der Waals surface area contributed by atoms with Gasteiger partial charge in [0.25, 0.3) is 0 Å². The molecule has 5 N–H and O–H groups in total. The molecule has 9 nitrogen and oxygen atoms in total. The average Bonchev–Trinajstić information content (AvgIpc) is 3.15. The van der Waals surface area contributed by atoms with Crippen LogP contribution in [0.4, 0.5) is 10.6 Å². The van der Waals surface area contributed by atoms with Crippen LogP contribution in [0.5, 0.6) is 0 Å². The molecule has 1 unspecified atom stereocenters. The number of nitrogens with zero attached hydrogens (tertiary/aromatic N) is 4. The second-order valence-electron chi connectivity index (χ2n) is 10.9. The summed E-state index contributed by atoms with van der Waals surface area (Å²) in [5.41, 5.74) is 14.5. The van der Waals surface area contributed by atoms with Gasteiger partial charge in [0.05, 0.1) is 11.6 Å². The second-order valence-corrected chi connectivity index (χ2v) is 10.9. The van der Waals surface area contributed by atoms with Gasteiger partial charge < -0.3 is 16.2 Å². The Morgan fingerprint density at radius 1 is 1.11 bits per heavy atom. The number of nitrogens with two attached hydrogens (primary N) is 2. The lowest BCUT2D eigenvalue weighted by Crippen LogP contribution is -2.35. The van der Waals surface area contributed by atoms with E-state index in [0.717, 1.165) is 43.2 Å². The third-order valence-corrected chi connectivity index (χ3v) is 7.88. The fourth-order valence-corrected chi connectivity index (χ4v) is 5.90. The van der Waals surface area contributed by atoms with Crippen LogP contribution < -0.4 is 11.5 Å². The van der Waals surface area contributed by atoms with Crippen LogP contribution in [-0.4, -0.2) is 43.9 Å². The molecule has 1 amide bonds. The summed E-state index contributed by atoms with van der Waals surface area (Å²) in [7, 11) is 0. The molecular formula is C29H35N7O2. The fraction of sp³-hybridized carbons (Fsp3) is 0.414. The minimum atomic E-state index is -0.566. The van der Waals surface area contributed by atoms with Crippen LogP contribution in [0.25, 0.3) is 11.4 Å². The van der Waals surface area contributed by atoms with E-state index in [0.29, 0.717) is 41.3 Å². The Hall–Kier alpha value is -4.01. The van der Waals surface area contributed by atoms with Crippen molar-refractivity contribution >= 4 is 17.7 Å². The Labute approximate surface area is 223 Å². The van der Waals surface area contributed by atoms with Crippen molar-refractivity contribution in [1.29, 1.82) is 5.41 Å². The predicted molar refractivity (Wildman–Crippen MR) is 146 cm³/mol. The number of hydrogen-bond donors (Lipinski definition) is 3. The number of anilines is 1. The first-order chi connectivity index (χ1) is 18.2. The van der Waals surface area contributed by atoms with Crippen molar-refractivity contribution in [3.8, 4) is 11.4 Å². The van der Waals surface area contributed by atoms with E-state index in [9.17, 15) is 4.79 Å². The van der Waals surface area contributed by atoms with Gasteiger partial charge in [-0.15, -0.1) is 0 Å². The molecule has 0 bridgehead atoms. The monoisotopic (exact) mass is 513 g/mol. The van der Waals surface area contributed by atoms with Crippen molar-refractivity contribution in [3.05, 3.63) is 71.7 Å². The van der Waals surface area contributed by atoms with Gasteiger partial charge >= 0.3 is 6.09 Å². The second kappa shape index (κ2) is 10.4. The molecule has 1 atom stereocenters. The largest absolute Gasteiger partial charge is 0.441 e. The summed E-state index contributed by atoms with van der Waals surface area (Å²) in [5.74, 6) is 1.59. The highest BCUT2D eigenvalue weighted by Crippen LogP contribution is 2.43. The highest BCUT2D eigenvalue weighted by molar-refractivity contribution is 5.93. The lowest BCUT2D eigenvalue weighted by molar-refractivity contribution is 0.0674. The number of carbonyl (C=O) groups excluding carboxylic acids is 1. The summed E-state index contributed by atoms with van der Waals surface area (Å²) in [5, 5.41) is 7.66. The summed E-state index contributed by atoms with van der Waals surface area (Å²) in [6, 6.07) is 13.7. The third-order valence-electron chi connectivity index (χ3n) is 7.88. The predicted octanol–water partition coefficient (Wildman–Crippen LogP) is 5.04. The number of rotatable bonds is 7. The van der Waals surface area contributed by atoms with Crippen LogP contribution in [0.15, 0.2) is 54.9 Å². The molecule has 198 valence electrons. The molecule has 1 aliphatic carbocycles. The molecule has 2 fully saturated rings. The Balaban J connectivity index is 1.23. The fourth-order valence-electron chi connectivity index (χ4n) is 5.90. The van der Waals surface area contributed by atoms with Gasteiger partial charge in [0.1, 0.15) is 22.9 Å². The summed E-state index contributed by atoms with van der Waals surface area (Å²) in [6.07, 6.45) is 8.42. The number of carbonyl (C=O) groups is 1. The van der Waals surface area contributed by atoms with Gasteiger partial charge in [0.2, 0.25) is 0 Å². The molecule has 9 heteroatoms. The SMILES string of the molecule is CC1(C)OC(=O)N(CCC2CCC(c3cnc(N)c(-c4nccc(C(=N)N)n4)c3)CC2)C1c1ccccc1. The highest BCUT2D eigenvalue weighted by Gasteiger charge is 2.48. The first-order valence-corrected chi connectivity index (χ1v) is 13.2. The molecule has 3 heterocycles. The van der Waals surface area contributed by atoms with Crippen molar-refractivity contribution < 1.29 is 9.53 Å². The standard InChI is InChI=1S/C29H35N7O2/c1-29(2)24(20-6-4-3-5-7-20)36(28(37)38-29)15-13-18-8-10-19(11-9-18)21-16-22(26(32)34-17-21)27-33-14-12-23(35-27)25(30)31/h3-7,12,14,16-19,24H,8-11,13,15H2,1-2H3,(H3,30,31)(H2,32,34). The number of pyridine rings is 1. The minimum absolute atomic E-state index is 0.0875. The maximum Gasteiger partial charge on any atom is 0.411 e. The van der Waals surface area contributed by atoms with Crippen LogP contribution in [0, 0.1) is 11.3 Å². The molecular weight excluding hydrogens is 478 g/mol. The summed E-state index contributed by atoms with van der Waals surface area (Å²) >= 11 is 0. The molecule has 3 aromatic rings. The van der Waals surface area contributed by atoms with Crippen LogP contribution in [0.3, 0.4) is 0 Å². The number of hydrogen-bond acceptors (Lipinski definition) is 7. The molecule has 2 aliphatic rings. The number of amides is 1. The Morgan fingerprint density at radius 3 is 2.55 bits per heavy atom. The molecule has 1 saturated heterocycles. The van der Waals surface area contributed by atoms with Crippen LogP contribution in [0.1, 0.15) is 74.7 Å². The Bertz CT molecular complexity index is 1320. The lowest BCUT2D eigenvalue weighted by atomic mass is 9.77. The number of amidine groups is 1. The molecule has 1 aromatic carbocycles. The van der Waals surface area contributed by atoms with Crippen LogP contribution in [-0.2, 0) is 4.74 Å². The van der Waals surface area contributed by atoms with Crippen molar-refractivity contribution in [2.24, 2.45) is 11.7 Å². The van der Waals surface area contributed by atoms with E-state index in [1.165, 1.54) is 0 Å². The van der Waals surface area contributed by atoms with Gasteiger partial charge in [-0.2, -0.15) is 0 Å². The zero-order valence-corrected chi connectivity index (χ0v) is 21.9. The van der Waals surface area contributed by atoms with Crippen LogP contribution in [0.2, 0.25) is 0 Å². The molecule has 2 aromatic heterocycles. The van der Waals surface area contributed by atoms with Gasteiger partial charge in [-0.1, -0.05) is 30.3 Å². The lowest BCUT2D eigenvalue weighted by Gasteiger charge is -2.32. The molecule has 0 spiro atoms. The van der Waals surface area contributed by atoms with Crippen LogP contribution >= 0.6 is 0 Å². The van der Waals surface area contributed by atoms with Gasteiger partial charge in [-0.3, -0.25) is 10.3 Å². The van der Waals surface area contributed by atoms with Crippen molar-refractivity contribution in [2.45, 2.75) is 63.5 Å². The zero-order chi connectivity index (χ0) is 26.9. The molecule has 1 aliphatic heterocycles. The highest BCUT2D eigenvalue weighted by atomic mass is 16.6. The zero-order valence-electron chi connectivity index (χ0n) is 21.9. The first kappa shape index (κ1) is 25.6. The van der Waals surface area contributed by atoms with E-state index in [2.05, 4.69) is 27.1 Å². The quantitative estimate of drug-likeness (QED) is 0.296. The molecule has 5 rings (SSSR count). The van der Waals surface area contributed by atoms with Crippen molar-refractivity contribution in [1.82, 2.24) is 19.9 Å². The van der Waals surface area contributed by atoms with Crippen molar-refractivity contribution in [3.63, 3.8) is 0 Å². The van der Waals surface area contributed by atoms with E-state index in [4.69, 9.17) is 21.6 Å². The Morgan fingerprint density at radius 2 is 1.84 bits per heavy atom. The number of cyclic esters (lactones) is 1. The molecule has 0 radical (unpaired) electrons. The van der Waals surface area contributed by atoms with Crippen molar-refractivity contribution in [2.75, 3.05) is 12.3 Å². The molecule has 38 heavy (non-hydrogen) atoms. The van der Waals surface area contributed by atoms with E-state index in [1.54, 1.807) is 12.3 Å². The van der Waals surface area contributed by atoms with E-state index < -0.39 is 5.60 Å². The van der Waals surface area contributed by atoms with Gasteiger partial charge in [-0.05, 0) is 81.0 Å². The van der Waals surface area contributed by atoms with E-state index >= 15 is 0 Å². The third kappa shape index (κ3) is 5.18. The van der Waals surface area contributed by atoms with Gasteiger partial charge in [0, 0.05) is 18.9 Å². The maximum absolute atomic E-state index is 12.8. The Kier molecular flexibility index (Phi) is 7.01. The summed E-state index contributed by atoms with van der Waals surface area (Å²) < 4.78 is 5.76. The van der Waals surface area contributed by atoms with Gasteiger partial charge in [-0.25, -0.2) is 19.7 Å². The van der Waals surface area contributed by atoms with Gasteiger partial charge in [0.15, 0.2) is 5.82 Å². The average molecular weight is 514 g/mol. The van der Waals surface area contributed by atoms with E-state index in [1.807, 2.05) is 49.2 Å². The number of nitrogen functional groups attached to an aromatic ring is 2. The summed E-state index contributed by atoms with van der Waals surface area (Å²) in [4.78, 5) is 27.8. The number of ether oxygens (including phenoxy) is 1. The molecule has 1 saturated carbocycles. The normalized spacial score (nSPS) is 22.7. The maximum atomic E-state index is 12.8. The number of benzene rings is 1. The van der Waals surface area contributed by atoms with E-state index in [-0.39, 0.29) is 18.0 Å².